The maximum atomic E-state index is 11.9. The van der Waals surface area contributed by atoms with Gasteiger partial charge in [0.2, 0.25) is 11.8 Å². The first kappa shape index (κ1) is 19.8. The van der Waals surface area contributed by atoms with Crippen molar-refractivity contribution in [3.05, 3.63) is 0 Å². The summed E-state index contributed by atoms with van der Waals surface area (Å²) in [5.41, 5.74) is 5.22. The zero-order valence-corrected chi connectivity index (χ0v) is 11.7. The third kappa shape index (κ3) is 6.47. The highest BCUT2D eigenvalue weighted by molar-refractivity contribution is 5.94. The van der Waals surface area contributed by atoms with Gasteiger partial charge < -0.3 is 36.8 Å². The van der Waals surface area contributed by atoms with Crippen LogP contribution in [0.15, 0.2) is 0 Å². The van der Waals surface area contributed by atoms with Gasteiger partial charge in [-0.1, -0.05) is 0 Å². The lowest BCUT2D eigenvalue weighted by Crippen LogP contribution is -2.57. The number of amides is 2. The lowest BCUT2D eigenvalue weighted by atomic mass is 10.1. The van der Waals surface area contributed by atoms with Crippen molar-refractivity contribution in [2.45, 2.75) is 37.6 Å². The fraction of sp³-hybridized carbons (Fsp3) is 0.636. The summed E-state index contributed by atoms with van der Waals surface area (Å²) in [6.45, 7) is 0.393. The van der Waals surface area contributed by atoms with Gasteiger partial charge in [0, 0.05) is 0 Å². The summed E-state index contributed by atoms with van der Waals surface area (Å²) in [5.74, 6) is -5.06. The summed E-state index contributed by atoms with van der Waals surface area (Å²) in [4.78, 5) is 44.9. The molecule has 0 saturated carbocycles. The highest BCUT2D eigenvalue weighted by Crippen LogP contribution is 1.99. The molecule has 0 aromatic carbocycles. The molecule has 11 nitrogen and oxygen atoms in total. The second kappa shape index (κ2) is 8.92. The fourth-order valence-corrected chi connectivity index (χ4v) is 1.39. The number of carbonyl (C=O) groups is 4. The Morgan fingerprint density at radius 3 is 2.00 bits per heavy atom. The molecular weight excluding hydrogens is 302 g/mol. The predicted molar refractivity (Wildman–Crippen MR) is 70.5 cm³/mol. The molecule has 0 aromatic rings. The molecule has 2 amide bonds. The number of aliphatic hydroxyl groups excluding tert-OH is 2. The van der Waals surface area contributed by atoms with Crippen molar-refractivity contribution in [2.75, 3.05) is 6.61 Å². The van der Waals surface area contributed by atoms with Crippen molar-refractivity contribution in [1.29, 1.82) is 0 Å². The molecule has 0 bridgehead atoms. The molecule has 0 aromatic heterocycles. The second-order valence-corrected chi connectivity index (χ2v) is 4.51. The van der Waals surface area contributed by atoms with E-state index in [-0.39, 0.29) is 0 Å². The van der Waals surface area contributed by atoms with Crippen LogP contribution in [0.1, 0.15) is 13.3 Å². The van der Waals surface area contributed by atoms with Gasteiger partial charge in [-0.3, -0.25) is 14.4 Å². The Kier molecular flexibility index (Phi) is 8.01. The highest BCUT2D eigenvalue weighted by Gasteiger charge is 2.31. The zero-order chi connectivity index (χ0) is 17.4. The van der Waals surface area contributed by atoms with Crippen LogP contribution in [0.3, 0.4) is 0 Å². The minimum absolute atomic E-state index is 0.724. The molecule has 126 valence electrons. The fourth-order valence-electron chi connectivity index (χ4n) is 1.39. The summed E-state index contributed by atoms with van der Waals surface area (Å²) in [6.07, 6.45) is -2.27. The van der Waals surface area contributed by atoms with Crippen molar-refractivity contribution < 1.29 is 39.6 Å². The van der Waals surface area contributed by atoms with E-state index < -0.39 is 61.0 Å². The lowest BCUT2D eigenvalue weighted by molar-refractivity contribution is -0.145. The normalized spacial score (nSPS) is 16.0. The van der Waals surface area contributed by atoms with Crippen LogP contribution in [0.25, 0.3) is 0 Å². The number of carbonyl (C=O) groups excluding carboxylic acids is 2. The maximum Gasteiger partial charge on any atom is 0.328 e. The third-order valence-corrected chi connectivity index (χ3v) is 2.59. The number of carboxylic acids is 2. The smallest absolute Gasteiger partial charge is 0.328 e. The van der Waals surface area contributed by atoms with Gasteiger partial charge in [0.25, 0.3) is 0 Å². The number of rotatable bonds is 9. The Bertz CT molecular complexity index is 439. The van der Waals surface area contributed by atoms with E-state index in [1.165, 1.54) is 0 Å². The summed E-state index contributed by atoms with van der Waals surface area (Å²) in [7, 11) is 0. The molecule has 0 aliphatic carbocycles. The van der Waals surface area contributed by atoms with Gasteiger partial charge in [-0.15, -0.1) is 0 Å². The molecule has 0 rings (SSSR count). The summed E-state index contributed by atoms with van der Waals surface area (Å²) in [5, 5.41) is 39.4. The van der Waals surface area contributed by atoms with Crippen molar-refractivity contribution in [2.24, 2.45) is 5.73 Å². The lowest BCUT2D eigenvalue weighted by Gasteiger charge is -2.22. The predicted octanol–water partition coefficient (Wildman–Crippen LogP) is -3.78. The molecule has 22 heavy (non-hydrogen) atoms. The van der Waals surface area contributed by atoms with E-state index in [0.29, 0.717) is 0 Å². The Morgan fingerprint density at radius 2 is 1.64 bits per heavy atom. The summed E-state index contributed by atoms with van der Waals surface area (Å²) in [6, 6.07) is -4.65. The van der Waals surface area contributed by atoms with Crippen LogP contribution in [0, 0.1) is 0 Å². The van der Waals surface area contributed by atoms with Crippen LogP contribution < -0.4 is 16.4 Å². The van der Waals surface area contributed by atoms with Crippen LogP contribution in [-0.2, 0) is 19.2 Å². The van der Waals surface area contributed by atoms with Gasteiger partial charge in [-0.2, -0.15) is 0 Å². The second-order valence-electron chi connectivity index (χ2n) is 4.51. The SMILES string of the molecule is CC(O)C(NC(=O)C(CC(=O)O)NC(=O)C(N)CO)C(=O)O. The molecule has 11 heteroatoms. The van der Waals surface area contributed by atoms with Gasteiger partial charge in [-0.25, -0.2) is 4.79 Å². The van der Waals surface area contributed by atoms with Crippen LogP contribution in [0.5, 0.6) is 0 Å². The van der Waals surface area contributed by atoms with E-state index in [1.54, 1.807) is 0 Å². The Morgan fingerprint density at radius 1 is 1.09 bits per heavy atom. The zero-order valence-electron chi connectivity index (χ0n) is 11.7. The van der Waals surface area contributed by atoms with Crippen molar-refractivity contribution in [1.82, 2.24) is 10.6 Å². The van der Waals surface area contributed by atoms with E-state index in [2.05, 4.69) is 0 Å². The van der Waals surface area contributed by atoms with Gasteiger partial charge >= 0.3 is 11.9 Å². The summed E-state index contributed by atoms with van der Waals surface area (Å²) >= 11 is 0. The Labute approximate surface area is 125 Å². The number of nitrogens with two attached hydrogens (primary N) is 1. The topological polar surface area (TPSA) is 199 Å². The van der Waals surface area contributed by atoms with Crippen LogP contribution in [0.4, 0.5) is 0 Å². The minimum atomic E-state index is -1.67. The van der Waals surface area contributed by atoms with E-state index in [4.69, 9.17) is 21.1 Å². The van der Waals surface area contributed by atoms with Crippen molar-refractivity contribution >= 4 is 23.8 Å². The number of carboxylic acid groups (broad SMARTS) is 2. The van der Waals surface area contributed by atoms with Crippen LogP contribution in [-0.4, -0.2) is 75.0 Å². The number of hydrogen-bond donors (Lipinski definition) is 7. The Hall–Kier alpha value is -2.24. The molecule has 0 saturated heterocycles. The molecule has 4 atom stereocenters. The molecule has 0 radical (unpaired) electrons. The van der Waals surface area contributed by atoms with E-state index >= 15 is 0 Å². The number of nitrogens with one attached hydrogen (secondary N) is 2. The van der Waals surface area contributed by atoms with E-state index in [9.17, 15) is 24.3 Å². The molecule has 8 N–H and O–H groups in total. The quantitative estimate of drug-likeness (QED) is 0.222. The number of aliphatic hydroxyl groups is 2. The molecule has 0 aliphatic heterocycles. The molecule has 0 spiro atoms. The van der Waals surface area contributed by atoms with Gasteiger partial charge in [0.15, 0.2) is 6.04 Å². The third-order valence-electron chi connectivity index (χ3n) is 2.59. The average Bonchev–Trinajstić information content (AvgIpc) is 2.41. The molecule has 0 fully saturated rings. The van der Waals surface area contributed by atoms with Crippen LogP contribution >= 0.6 is 0 Å². The Balaban J connectivity index is 5.01. The van der Waals surface area contributed by atoms with E-state index in [0.717, 1.165) is 6.92 Å². The van der Waals surface area contributed by atoms with Gasteiger partial charge in [-0.05, 0) is 6.92 Å². The van der Waals surface area contributed by atoms with Gasteiger partial charge in [0.05, 0.1) is 19.1 Å². The standard InChI is InChI=1S/C11H19N3O8/c1-4(16)8(11(21)22)14-10(20)6(2-7(17)18)13-9(19)5(12)3-15/h4-6,8,15-16H,2-3,12H2,1H3,(H,13,19)(H,14,20)(H,17,18)(H,21,22). The van der Waals surface area contributed by atoms with Gasteiger partial charge in [0.1, 0.15) is 12.1 Å². The van der Waals surface area contributed by atoms with Crippen LogP contribution in [0.2, 0.25) is 0 Å². The first-order valence-electron chi connectivity index (χ1n) is 6.20. The largest absolute Gasteiger partial charge is 0.481 e. The molecule has 0 aliphatic rings. The molecule has 0 heterocycles. The summed E-state index contributed by atoms with van der Waals surface area (Å²) < 4.78 is 0. The highest BCUT2D eigenvalue weighted by atomic mass is 16.4. The van der Waals surface area contributed by atoms with E-state index in [1.807, 2.05) is 10.6 Å². The molecular formula is C11H19N3O8. The maximum absolute atomic E-state index is 11.9. The minimum Gasteiger partial charge on any atom is -0.481 e. The number of hydrogen-bond acceptors (Lipinski definition) is 7. The average molecular weight is 321 g/mol. The molecule has 4 unspecified atom stereocenters. The first-order chi connectivity index (χ1) is 10.1. The number of aliphatic carboxylic acids is 2. The first-order valence-corrected chi connectivity index (χ1v) is 6.20. The van der Waals surface area contributed by atoms with Crippen molar-refractivity contribution in [3.8, 4) is 0 Å². The monoisotopic (exact) mass is 321 g/mol. The van der Waals surface area contributed by atoms with Crippen molar-refractivity contribution in [3.63, 3.8) is 0 Å².